The van der Waals surface area contributed by atoms with E-state index < -0.39 is 11.6 Å². The number of fused-ring (bicyclic) bond motifs is 1. The minimum atomic E-state index is -0.644. The molecule has 0 amide bonds. The highest BCUT2D eigenvalue weighted by Gasteiger charge is 2.10. The van der Waals surface area contributed by atoms with E-state index in [1.165, 1.54) is 12.1 Å². The fourth-order valence-electron chi connectivity index (χ4n) is 2.73. The fourth-order valence-corrected chi connectivity index (χ4v) is 2.73. The van der Waals surface area contributed by atoms with Gasteiger partial charge in [0.1, 0.15) is 11.6 Å². The highest BCUT2D eigenvalue weighted by Crippen LogP contribution is 2.28. The third-order valence-electron chi connectivity index (χ3n) is 3.94. The zero-order valence-corrected chi connectivity index (χ0v) is 12.6. The van der Waals surface area contributed by atoms with Gasteiger partial charge in [0.2, 0.25) is 0 Å². The zero-order chi connectivity index (χ0) is 16.5. The number of halogens is 2. The number of rotatable bonds is 2. The maximum Gasteiger partial charge on any atom is 0.135 e. The van der Waals surface area contributed by atoms with E-state index in [1.807, 2.05) is 36.4 Å². The van der Waals surface area contributed by atoms with Crippen LogP contribution in [0.15, 0.2) is 72.9 Å². The van der Waals surface area contributed by atoms with Crippen LogP contribution in [0.3, 0.4) is 0 Å². The largest absolute Gasteiger partial charge is 0.255 e. The molecule has 1 nitrogen and oxygen atoms in total. The average Bonchev–Trinajstić information content (AvgIpc) is 2.61. The normalized spacial score (nSPS) is 10.9. The van der Waals surface area contributed by atoms with Gasteiger partial charge in [0.15, 0.2) is 0 Å². The van der Waals surface area contributed by atoms with Crippen LogP contribution in [0.4, 0.5) is 8.78 Å². The SMILES string of the molecule is Fc1ccc(-c2[c]c(-c3ccc4ccccc4c3)ccn2)c(F)c1. The average molecular weight is 316 g/mol. The summed E-state index contributed by atoms with van der Waals surface area (Å²) in [6.45, 7) is 0. The summed E-state index contributed by atoms with van der Waals surface area (Å²) in [6, 6.07) is 22.6. The lowest BCUT2D eigenvalue weighted by molar-refractivity contribution is 0.585. The molecule has 0 aliphatic heterocycles. The maximum absolute atomic E-state index is 14.0. The second-order valence-electron chi connectivity index (χ2n) is 5.52. The first-order valence-corrected chi connectivity index (χ1v) is 7.54. The van der Waals surface area contributed by atoms with Crippen LogP contribution in [0.1, 0.15) is 0 Å². The Bertz CT molecular complexity index is 1040. The molecule has 4 rings (SSSR count). The van der Waals surface area contributed by atoms with Crippen molar-refractivity contribution in [1.82, 2.24) is 4.98 Å². The molecule has 1 heterocycles. The van der Waals surface area contributed by atoms with Gasteiger partial charge in [-0.3, -0.25) is 4.98 Å². The lowest BCUT2D eigenvalue weighted by atomic mass is 10.00. The Labute approximate surface area is 138 Å². The summed E-state index contributed by atoms with van der Waals surface area (Å²) in [6.07, 6.45) is 1.61. The molecule has 0 bridgehead atoms. The van der Waals surface area contributed by atoms with E-state index >= 15 is 0 Å². The second kappa shape index (κ2) is 5.85. The lowest BCUT2D eigenvalue weighted by Crippen LogP contribution is -1.91. The number of pyridine rings is 1. The van der Waals surface area contributed by atoms with Gasteiger partial charge in [0.25, 0.3) is 0 Å². The van der Waals surface area contributed by atoms with Gasteiger partial charge in [0, 0.05) is 23.9 Å². The van der Waals surface area contributed by atoms with Gasteiger partial charge in [-0.2, -0.15) is 0 Å². The molecule has 115 valence electrons. The molecule has 0 atom stereocenters. The van der Waals surface area contributed by atoms with Crippen molar-refractivity contribution in [2.75, 3.05) is 0 Å². The number of hydrogen-bond donors (Lipinski definition) is 0. The van der Waals surface area contributed by atoms with Crippen molar-refractivity contribution in [3.8, 4) is 22.4 Å². The first kappa shape index (κ1) is 14.5. The Kier molecular flexibility index (Phi) is 3.54. The quantitative estimate of drug-likeness (QED) is 0.466. The minimum Gasteiger partial charge on any atom is -0.255 e. The molecule has 0 spiro atoms. The summed E-state index contributed by atoms with van der Waals surface area (Å²) in [5, 5.41) is 2.27. The van der Waals surface area contributed by atoms with Crippen LogP contribution in [0.5, 0.6) is 0 Å². The maximum atomic E-state index is 14.0. The number of benzene rings is 3. The van der Waals surface area contributed by atoms with Crippen molar-refractivity contribution in [2.24, 2.45) is 0 Å². The van der Waals surface area contributed by atoms with Crippen LogP contribution in [-0.4, -0.2) is 4.98 Å². The number of aromatic nitrogens is 1. The van der Waals surface area contributed by atoms with Crippen LogP contribution in [0.2, 0.25) is 0 Å². The standard InChI is InChI=1S/C21H12F2N/c22-18-7-8-19(20(23)13-18)21-12-17(9-10-24-21)16-6-5-14-3-1-2-4-15(14)11-16/h1-11,13H. The molecule has 4 aromatic rings. The molecule has 1 aromatic heterocycles. The van der Waals surface area contributed by atoms with Gasteiger partial charge in [-0.05, 0) is 46.2 Å². The van der Waals surface area contributed by atoms with Crippen molar-refractivity contribution < 1.29 is 8.78 Å². The van der Waals surface area contributed by atoms with Crippen molar-refractivity contribution >= 4 is 10.8 Å². The van der Waals surface area contributed by atoms with Gasteiger partial charge >= 0.3 is 0 Å². The Hall–Kier alpha value is -3.07. The van der Waals surface area contributed by atoms with E-state index in [2.05, 4.69) is 23.2 Å². The molecule has 0 saturated carbocycles. The predicted octanol–water partition coefficient (Wildman–Crippen LogP) is 5.65. The molecule has 1 radical (unpaired) electrons. The first-order valence-electron chi connectivity index (χ1n) is 7.54. The van der Waals surface area contributed by atoms with Gasteiger partial charge in [-0.15, -0.1) is 0 Å². The van der Waals surface area contributed by atoms with E-state index in [0.717, 1.165) is 28.0 Å². The number of nitrogens with zero attached hydrogens (tertiary/aromatic N) is 1. The van der Waals surface area contributed by atoms with Crippen LogP contribution >= 0.6 is 0 Å². The predicted molar refractivity (Wildman–Crippen MR) is 91.4 cm³/mol. The van der Waals surface area contributed by atoms with E-state index in [-0.39, 0.29) is 5.56 Å². The van der Waals surface area contributed by atoms with Crippen molar-refractivity contribution in [3.63, 3.8) is 0 Å². The van der Waals surface area contributed by atoms with Crippen molar-refractivity contribution in [2.45, 2.75) is 0 Å². The molecule has 0 N–H and O–H groups in total. The van der Waals surface area contributed by atoms with Crippen LogP contribution in [-0.2, 0) is 0 Å². The molecule has 0 aliphatic rings. The molecule has 3 heteroatoms. The molecule has 24 heavy (non-hydrogen) atoms. The summed E-state index contributed by atoms with van der Waals surface area (Å²) in [4.78, 5) is 4.17. The topological polar surface area (TPSA) is 12.9 Å². The lowest BCUT2D eigenvalue weighted by Gasteiger charge is -2.07. The molecular weight excluding hydrogens is 304 g/mol. The molecule has 0 saturated heterocycles. The summed E-state index contributed by atoms with van der Waals surface area (Å²) >= 11 is 0. The smallest absolute Gasteiger partial charge is 0.135 e. The first-order chi connectivity index (χ1) is 11.7. The summed E-state index contributed by atoms with van der Waals surface area (Å²) in [7, 11) is 0. The zero-order valence-electron chi connectivity index (χ0n) is 12.6. The third kappa shape index (κ3) is 2.65. The van der Waals surface area contributed by atoms with Crippen LogP contribution < -0.4 is 0 Å². The second-order valence-corrected chi connectivity index (χ2v) is 5.52. The van der Waals surface area contributed by atoms with E-state index in [0.29, 0.717) is 5.69 Å². The molecule has 0 aliphatic carbocycles. The van der Waals surface area contributed by atoms with E-state index in [4.69, 9.17) is 0 Å². The molecule has 0 fully saturated rings. The molecule has 0 unspecified atom stereocenters. The molecule has 3 aromatic carbocycles. The van der Waals surface area contributed by atoms with Crippen LogP contribution in [0.25, 0.3) is 33.2 Å². The van der Waals surface area contributed by atoms with E-state index in [9.17, 15) is 8.78 Å². The Morgan fingerprint density at radius 1 is 0.792 bits per heavy atom. The van der Waals surface area contributed by atoms with Crippen LogP contribution in [0, 0.1) is 17.7 Å². The third-order valence-corrected chi connectivity index (χ3v) is 3.94. The summed E-state index contributed by atoms with van der Waals surface area (Å²) < 4.78 is 27.1. The van der Waals surface area contributed by atoms with Crippen molar-refractivity contribution in [3.05, 3.63) is 90.6 Å². The Morgan fingerprint density at radius 3 is 2.46 bits per heavy atom. The summed E-state index contributed by atoms with van der Waals surface area (Å²) in [5.41, 5.74) is 2.38. The van der Waals surface area contributed by atoms with Gasteiger partial charge < -0.3 is 0 Å². The van der Waals surface area contributed by atoms with Gasteiger partial charge in [-0.25, -0.2) is 8.78 Å². The highest BCUT2D eigenvalue weighted by molar-refractivity contribution is 5.87. The molecular formula is C21H12F2N. The Balaban J connectivity index is 1.81. The fraction of sp³-hybridized carbons (Fsp3) is 0. The highest BCUT2D eigenvalue weighted by atomic mass is 19.1. The van der Waals surface area contributed by atoms with Gasteiger partial charge in [-0.1, -0.05) is 36.4 Å². The van der Waals surface area contributed by atoms with Gasteiger partial charge in [0.05, 0.1) is 5.69 Å². The van der Waals surface area contributed by atoms with Crippen molar-refractivity contribution in [1.29, 1.82) is 0 Å². The number of hydrogen-bond acceptors (Lipinski definition) is 1. The Morgan fingerprint density at radius 2 is 1.62 bits per heavy atom. The minimum absolute atomic E-state index is 0.235. The monoisotopic (exact) mass is 316 g/mol. The summed E-state index contributed by atoms with van der Waals surface area (Å²) in [5.74, 6) is -1.25. The van der Waals surface area contributed by atoms with E-state index in [1.54, 1.807) is 6.20 Å².